The highest BCUT2D eigenvalue weighted by molar-refractivity contribution is 6.15. The van der Waals surface area contributed by atoms with Crippen LogP contribution >= 0.6 is 0 Å². The average Bonchev–Trinajstić information content (AvgIpc) is 3.23. The number of fused-ring (bicyclic) bond motifs is 1. The van der Waals surface area contributed by atoms with Crippen molar-refractivity contribution in [1.29, 1.82) is 0 Å². The number of Topliss-reactive ketones (excluding diaryl/α,β-unsaturated/α-hetero) is 1. The molecule has 0 atom stereocenters. The van der Waals surface area contributed by atoms with Crippen LogP contribution < -0.4 is 14.2 Å². The molecule has 0 aliphatic carbocycles. The van der Waals surface area contributed by atoms with Gasteiger partial charge in [-0.1, -0.05) is 12.1 Å². The van der Waals surface area contributed by atoms with E-state index in [9.17, 15) is 4.79 Å². The molecule has 1 aliphatic rings. The van der Waals surface area contributed by atoms with E-state index in [1.165, 1.54) is 0 Å². The molecule has 1 aliphatic heterocycles. The summed E-state index contributed by atoms with van der Waals surface area (Å²) in [6.07, 6.45) is 1.62. The number of hydrogen-bond acceptors (Lipinski definition) is 5. The van der Waals surface area contributed by atoms with Gasteiger partial charge in [-0.25, -0.2) is 0 Å². The van der Waals surface area contributed by atoms with Crippen molar-refractivity contribution in [3.63, 3.8) is 0 Å². The Morgan fingerprint density at radius 2 is 1.89 bits per heavy atom. The molecule has 2 aromatic carbocycles. The van der Waals surface area contributed by atoms with Gasteiger partial charge in [0.15, 0.2) is 5.76 Å². The molecule has 5 heteroatoms. The second kappa shape index (κ2) is 7.27. The molecule has 0 saturated heterocycles. The fourth-order valence-corrected chi connectivity index (χ4v) is 3.15. The summed E-state index contributed by atoms with van der Waals surface area (Å²) in [5.41, 5.74) is 2.36. The van der Waals surface area contributed by atoms with Gasteiger partial charge in [-0.2, -0.15) is 0 Å². The fourth-order valence-electron chi connectivity index (χ4n) is 3.15. The number of methoxy groups -OCH3 is 1. The molecule has 0 bridgehead atoms. The molecule has 5 nitrogen and oxygen atoms in total. The second-order valence-corrected chi connectivity index (χ2v) is 6.64. The third kappa shape index (κ3) is 3.51. The van der Waals surface area contributed by atoms with E-state index in [1.807, 2.05) is 50.2 Å². The summed E-state index contributed by atoms with van der Waals surface area (Å²) in [4.78, 5) is 12.7. The van der Waals surface area contributed by atoms with Crippen molar-refractivity contribution >= 4 is 11.9 Å². The van der Waals surface area contributed by atoms with Gasteiger partial charge in [0.05, 0.1) is 12.7 Å². The molecular formula is C23H20O5. The number of furan rings is 1. The van der Waals surface area contributed by atoms with Gasteiger partial charge < -0.3 is 18.6 Å². The number of aryl methyl sites for hydroxylation is 2. The Morgan fingerprint density at radius 3 is 2.64 bits per heavy atom. The maximum absolute atomic E-state index is 12.7. The van der Waals surface area contributed by atoms with Crippen LogP contribution in [0.3, 0.4) is 0 Å². The van der Waals surface area contributed by atoms with Gasteiger partial charge >= 0.3 is 0 Å². The van der Waals surface area contributed by atoms with Crippen LogP contribution in [0.4, 0.5) is 0 Å². The van der Waals surface area contributed by atoms with Gasteiger partial charge in [0.2, 0.25) is 5.78 Å². The molecule has 2 heterocycles. The quantitative estimate of drug-likeness (QED) is 0.580. The molecule has 0 spiro atoms. The van der Waals surface area contributed by atoms with Gasteiger partial charge in [-0.3, -0.25) is 4.79 Å². The van der Waals surface area contributed by atoms with Crippen molar-refractivity contribution < 1.29 is 23.4 Å². The van der Waals surface area contributed by atoms with E-state index in [2.05, 4.69) is 0 Å². The van der Waals surface area contributed by atoms with Gasteiger partial charge in [-0.15, -0.1) is 0 Å². The van der Waals surface area contributed by atoms with Gasteiger partial charge in [-0.05, 0) is 55.3 Å². The standard InChI is InChI=1S/C23H20O5/c1-14-9-19(26-13-16-5-4-6-17(10-16)25-3)12-20-22(14)23(24)21(28-20)11-18-8-7-15(2)27-18/h4-12H,13H2,1-3H3/b21-11-. The summed E-state index contributed by atoms with van der Waals surface area (Å²) in [7, 11) is 1.63. The highest BCUT2D eigenvalue weighted by Crippen LogP contribution is 2.37. The lowest BCUT2D eigenvalue weighted by molar-refractivity contribution is 0.101. The number of benzene rings is 2. The molecule has 1 aromatic heterocycles. The number of carbonyl (C=O) groups is 1. The zero-order valence-corrected chi connectivity index (χ0v) is 15.9. The second-order valence-electron chi connectivity index (χ2n) is 6.64. The van der Waals surface area contributed by atoms with Crippen LogP contribution in [-0.2, 0) is 6.61 Å². The lowest BCUT2D eigenvalue weighted by Gasteiger charge is -2.10. The summed E-state index contributed by atoms with van der Waals surface area (Å²) in [5.74, 6) is 3.38. The third-order valence-electron chi connectivity index (χ3n) is 4.52. The Kier molecular flexibility index (Phi) is 4.65. The molecule has 142 valence electrons. The number of allylic oxidation sites excluding steroid dienone is 1. The predicted octanol–water partition coefficient (Wildman–Crippen LogP) is 5.10. The van der Waals surface area contributed by atoms with Crippen LogP contribution in [0, 0.1) is 13.8 Å². The maximum atomic E-state index is 12.7. The Hall–Kier alpha value is -3.47. The number of rotatable bonds is 5. The van der Waals surface area contributed by atoms with Gasteiger partial charge in [0.1, 0.15) is 35.4 Å². The number of ketones is 1. The molecular weight excluding hydrogens is 356 g/mol. The van der Waals surface area contributed by atoms with Crippen LogP contribution in [0.25, 0.3) is 6.08 Å². The normalized spacial score (nSPS) is 14.1. The first-order chi connectivity index (χ1) is 13.5. The minimum atomic E-state index is -0.152. The van der Waals surface area contributed by atoms with Crippen LogP contribution in [-0.4, -0.2) is 12.9 Å². The highest BCUT2D eigenvalue weighted by Gasteiger charge is 2.30. The van der Waals surface area contributed by atoms with Crippen LogP contribution in [0.1, 0.15) is 33.0 Å². The summed E-state index contributed by atoms with van der Waals surface area (Å²) in [6, 6.07) is 14.9. The van der Waals surface area contributed by atoms with E-state index in [-0.39, 0.29) is 11.5 Å². The molecule has 0 radical (unpaired) electrons. The molecule has 3 aromatic rings. The average molecular weight is 376 g/mol. The Labute approximate surface area is 163 Å². The predicted molar refractivity (Wildman–Crippen MR) is 105 cm³/mol. The lowest BCUT2D eigenvalue weighted by Crippen LogP contribution is -2.00. The van der Waals surface area contributed by atoms with Crippen molar-refractivity contribution in [2.24, 2.45) is 0 Å². The first kappa shape index (κ1) is 17.9. The van der Waals surface area contributed by atoms with Crippen molar-refractivity contribution in [1.82, 2.24) is 0 Å². The number of carbonyl (C=O) groups excluding carboxylic acids is 1. The van der Waals surface area contributed by atoms with Crippen molar-refractivity contribution in [2.45, 2.75) is 20.5 Å². The number of ether oxygens (including phenoxy) is 3. The van der Waals surface area contributed by atoms with Crippen molar-refractivity contribution in [3.8, 4) is 17.2 Å². The van der Waals surface area contributed by atoms with Crippen LogP contribution in [0.5, 0.6) is 17.2 Å². The van der Waals surface area contributed by atoms with Crippen LogP contribution in [0.2, 0.25) is 0 Å². The summed E-state index contributed by atoms with van der Waals surface area (Å²) >= 11 is 0. The van der Waals surface area contributed by atoms with E-state index in [0.717, 1.165) is 22.6 Å². The Bertz CT molecular complexity index is 1070. The van der Waals surface area contributed by atoms with E-state index in [4.69, 9.17) is 18.6 Å². The lowest BCUT2D eigenvalue weighted by atomic mass is 10.0. The summed E-state index contributed by atoms with van der Waals surface area (Å²) in [5, 5.41) is 0. The molecule has 0 N–H and O–H groups in total. The minimum absolute atomic E-state index is 0.152. The van der Waals surface area contributed by atoms with E-state index in [0.29, 0.717) is 29.4 Å². The van der Waals surface area contributed by atoms with Gasteiger partial charge in [0, 0.05) is 12.1 Å². The SMILES string of the molecule is COc1cccc(COc2cc(C)c3c(c2)O/C(=C\c2ccc(C)o2)C3=O)c1. The van der Waals surface area contributed by atoms with Crippen LogP contribution in [0.15, 0.2) is 58.7 Å². The number of hydrogen-bond donors (Lipinski definition) is 0. The zero-order valence-electron chi connectivity index (χ0n) is 15.9. The maximum Gasteiger partial charge on any atom is 0.232 e. The Morgan fingerprint density at radius 1 is 1.04 bits per heavy atom. The summed E-state index contributed by atoms with van der Waals surface area (Å²) in [6.45, 7) is 4.11. The van der Waals surface area contributed by atoms with E-state index >= 15 is 0 Å². The first-order valence-corrected chi connectivity index (χ1v) is 8.94. The van der Waals surface area contributed by atoms with Crippen molar-refractivity contribution in [3.05, 3.63) is 82.5 Å². The van der Waals surface area contributed by atoms with E-state index < -0.39 is 0 Å². The van der Waals surface area contributed by atoms with Crippen molar-refractivity contribution in [2.75, 3.05) is 7.11 Å². The molecule has 28 heavy (non-hydrogen) atoms. The first-order valence-electron chi connectivity index (χ1n) is 8.94. The molecule has 4 rings (SSSR count). The minimum Gasteiger partial charge on any atom is -0.497 e. The monoisotopic (exact) mass is 376 g/mol. The van der Waals surface area contributed by atoms with Gasteiger partial charge in [0.25, 0.3) is 0 Å². The summed E-state index contributed by atoms with van der Waals surface area (Å²) < 4.78 is 22.4. The zero-order chi connectivity index (χ0) is 19.7. The molecule has 0 fully saturated rings. The van der Waals surface area contributed by atoms with E-state index in [1.54, 1.807) is 25.3 Å². The largest absolute Gasteiger partial charge is 0.497 e. The fraction of sp³-hybridized carbons (Fsp3) is 0.174. The molecule has 0 saturated carbocycles. The smallest absolute Gasteiger partial charge is 0.232 e. The topological polar surface area (TPSA) is 57.9 Å². The molecule has 0 amide bonds. The Balaban J connectivity index is 1.55. The third-order valence-corrected chi connectivity index (χ3v) is 4.52. The highest BCUT2D eigenvalue weighted by atomic mass is 16.5. The molecule has 0 unspecified atom stereocenters.